The first-order valence-electron chi connectivity index (χ1n) is 10.6. The number of esters is 1. The number of nitrogens with zero attached hydrogens (tertiary/aromatic N) is 2. The van der Waals surface area contributed by atoms with Gasteiger partial charge in [-0.05, 0) is 57.9 Å². The highest BCUT2D eigenvalue weighted by atomic mass is 32.2. The van der Waals surface area contributed by atoms with Crippen molar-refractivity contribution in [3.63, 3.8) is 0 Å². The van der Waals surface area contributed by atoms with Gasteiger partial charge in [0.25, 0.3) is 0 Å². The molecular formula is C21H31N3O6S. The van der Waals surface area contributed by atoms with Crippen molar-refractivity contribution in [3.05, 3.63) is 29.8 Å². The monoisotopic (exact) mass is 453 g/mol. The third-order valence-electron chi connectivity index (χ3n) is 5.36. The molecule has 0 radical (unpaired) electrons. The summed E-state index contributed by atoms with van der Waals surface area (Å²) >= 11 is 0. The van der Waals surface area contributed by atoms with Gasteiger partial charge in [0.2, 0.25) is 21.8 Å². The number of hydrogen-bond acceptors (Lipinski definition) is 6. The lowest BCUT2D eigenvalue weighted by Gasteiger charge is -2.30. The lowest BCUT2D eigenvalue weighted by atomic mass is 9.97. The van der Waals surface area contributed by atoms with E-state index in [9.17, 15) is 22.8 Å². The number of benzene rings is 1. The maximum absolute atomic E-state index is 12.9. The number of piperidine rings is 1. The molecule has 31 heavy (non-hydrogen) atoms. The summed E-state index contributed by atoms with van der Waals surface area (Å²) in [5.41, 5.74) is 0.287. The molecule has 0 saturated carbocycles. The van der Waals surface area contributed by atoms with E-state index in [0.29, 0.717) is 25.9 Å². The van der Waals surface area contributed by atoms with E-state index in [-0.39, 0.29) is 54.4 Å². The third-order valence-corrected chi connectivity index (χ3v) is 7.27. The van der Waals surface area contributed by atoms with Gasteiger partial charge >= 0.3 is 5.97 Å². The molecule has 0 aromatic heterocycles. The Morgan fingerprint density at radius 3 is 2.16 bits per heavy atom. The van der Waals surface area contributed by atoms with Crippen LogP contribution in [0.3, 0.4) is 0 Å². The highest BCUT2D eigenvalue weighted by Crippen LogP contribution is 2.24. The molecule has 1 heterocycles. The van der Waals surface area contributed by atoms with Crippen molar-refractivity contribution in [2.24, 2.45) is 5.92 Å². The van der Waals surface area contributed by atoms with Crippen LogP contribution in [0.25, 0.3) is 0 Å². The molecular weight excluding hydrogens is 422 g/mol. The molecule has 1 N–H and O–H groups in total. The number of carbonyl (C=O) groups excluding carboxylic acids is 3. The second-order valence-corrected chi connectivity index (χ2v) is 9.14. The van der Waals surface area contributed by atoms with Crippen molar-refractivity contribution in [1.82, 2.24) is 14.5 Å². The minimum Gasteiger partial charge on any atom is -0.462 e. The van der Waals surface area contributed by atoms with Crippen molar-refractivity contribution >= 4 is 27.8 Å². The molecule has 1 saturated heterocycles. The molecule has 0 bridgehead atoms. The molecule has 2 amide bonds. The van der Waals surface area contributed by atoms with Crippen LogP contribution in [-0.4, -0.2) is 74.7 Å². The quantitative estimate of drug-likeness (QED) is 0.563. The zero-order valence-electron chi connectivity index (χ0n) is 18.3. The van der Waals surface area contributed by atoms with E-state index in [1.165, 1.54) is 28.6 Å². The van der Waals surface area contributed by atoms with Crippen LogP contribution in [0.4, 0.5) is 0 Å². The molecule has 0 aliphatic carbocycles. The van der Waals surface area contributed by atoms with Crippen LogP contribution in [0.15, 0.2) is 29.2 Å². The van der Waals surface area contributed by atoms with Crippen molar-refractivity contribution in [1.29, 1.82) is 0 Å². The van der Waals surface area contributed by atoms with Crippen molar-refractivity contribution < 1.29 is 27.5 Å². The van der Waals surface area contributed by atoms with Gasteiger partial charge in [0, 0.05) is 32.1 Å². The van der Waals surface area contributed by atoms with Crippen LogP contribution < -0.4 is 5.32 Å². The standard InChI is InChI=1S/C21H31N3O6S/c1-4-23(5-2)19(25)15-22-20(26)16-11-13-24(14-12-16)31(28,29)18-9-7-17(8-10-18)21(27)30-6-3/h7-10,16H,4-6,11-15H2,1-3H3,(H,22,26). The van der Waals surface area contributed by atoms with Crippen molar-refractivity contribution in [2.45, 2.75) is 38.5 Å². The predicted molar refractivity (Wildman–Crippen MR) is 115 cm³/mol. The van der Waals surface area contributed by atoms with Crippen LogP contribution in [0.1, 0.15) is 44.0 Å². The van der Waals surface area contributed by atoms with Crippen LogP contribution in [0.2, 0.25) is 0 Å². The van der Waals surface area contributed by atoms with Crippen LogP contribution >= 0.6 is 0 Å². The minimum absolute atomic E-state index is 0.0498. The fourth-order valence-electron chi connectivity index (χ4n) is 3.48. The fourth-order valence-corrected chi connectivity index (χ4v) is 4.95. The molecule has 172 valence electrons. The lowest BCUT2D eigenvalue weighted by Crippen LogP contribution is -2.45. The van der Waals surface area contributed by atoms with Gasteiger partial charge in [-0.1, -0.05) is 0 Å². The van der Waals surface area contributed by atoms with Gasteiger partial charge < -0.3 is 15.0 Å². The van der Waals surface area contributed by atoms with E-state index in [1.807, 2.05) is 13.8 Å². The third kappa shape index (κ3) is 6.27. The Morgan fingerprint density at radius 1 is 1.06 bits per heavy atom. The Kier molecular flexibility index (Phi) is 9.00. The van der Waals surface area contributed by atoms with Crippen LogP contribution in [0.5, 0.6) is 0 Å². The van der Waals surface area contributed by atoms with Gasteiger partial charge in [0.1, 0.15) is 0 Å². The summed E-state index contributed by atoms with van der Waals surface area (Å²) in [5.74, 6) is -1.19. The summed E-state index contributed by atoms with van der Waals surface area (Å²) < 4.78 is 32.0. The number of carbonyl (C=O) groups is 3. The molecule has 1 aliphatic rings. The summed E-state index contributed by atoms with van der Waals surface area (Å²) in [4.78, 5) is 37.9. The summed E-state index contributed by atoms with van der Waals surface area (Å²) in [6, 6.07) is 5.63. The first kappa shape index (κ1) is 24.8. The highest BCUT2D eigenvalue weighted by Gasteiger charge is 2.32. The second kappa shape index (κ2) is 11.2. The summed E-state index contributed by atoms with van der Waals surface area (Å²) in [6.45, 7) is 7.24. The number of ether oxygens (including phenoxy) is 1. The van der Waals surface area contributed by atoms with E-state index in [0.717, 1.165) is 0 Å². The van der Waals surface area contributed by atoms with Gasteiger partial charge in [0.05, 0.1) is 23.6 Å². The summed E-state index contributed by atoms with van der Waals surface area (Å²) in [5, 5.41) is 2.67. The molecule has 1 aromatic rings. The molecule has 2 rings (SSSR count). The van der Waals surface area contributed by atoms with Crippen molar-refractivity contribution in [3.8, 4) is 0 Å². The zero-order chi connectivity index (χ0) is 23.0. The van der Waals surface area contributed by atoms with E-state index in [2.05, 4.69) is 5.32 Å². The molecule has 10 heteroatoms. The highest BCUT2D eigenvalue weighted by molar-refractivity contribution is 7.89. The average molecular weight is 454 g/mol. The zero-order valence-corrected chi connectivity index (χ0v) is 19.1. The predicted octanol–water partition coefficient (Wildman–Crippen LogP) is 1.25. The minimum atomic E-state index is -3.72. The van der Waals surface area contributed by atoms with Crippen LogP contribution in [-0.2, 0) is 24.3 Å². The Balaban J connectivity index is 1.91. The SMILES string of the molecule is CCOC(=O)c1ccc(S(=O)(=O)N2CCC(C(=O)NCC(=O)N(CC)CC)CC2)cc1. The van der Waals surface area contributed by atoms with E-state index in [1.54, 1.807) is 11.8 Å². The number of sulfonamides is 1. The van der Waals surface area contributed by atoms with Gasteiger partial charge in [-0.25, -0.2) is 13.2 Å². The van der Waals surface area contributed by atoms with Crippen molar-refractivity contribution in [2.75, 3.05) is 39.3 Å². The number of rotatable bonds is 9. The Bertz CT molecular complexity index is 873. The molecule has 0 spiro atoms. The van der Waals surface area contributed by atoms with Gasteiger partial charge in [-0.2, -0.15) is 4.31 Å². The van der Waals surface area contributed by atoms with Gasteiger partial charge in [-0.3, -0.25) is 9.59 Å². The number of nitrogens with one attached hydrogen (secondary N) is 1. The van der Waals surface area contributed by atoms with E-state index < -0.39 is 16.0 Å². The summed E-state index contributed by atoms with van der Waals surface area (Å²) in [6.07, 6.45) is 0.761. The number of likely N-dealkylation sites (N-methyl/N-ethyl adjacent to an activating group) is 1. The molecule has 0 atom stereocenters. The Hall–Kier alpha value is -2.46. The largest absolute Gasteiger partial charge is 0.462 e. The first-order chi connectivity index (χ1) is 14.7. The Labute approximate surface area is 183 Å². The van der Waals surface area contributed by atoms with E-state index in [4.69, 9.17) is 4.74 Å². The summed E-state index contributed by atoms with van der Waals surface area (Å²) in [7, 11) is -3.72. The fraction of sp³-hybridized carbons (Fsp3) is 0.571. The average Bonchev–Trinajstić information content (AvgIpc) is 2.78. The second-order valence-electron chi connectivity index (χ2n) is 7.21. The molecule has 1 fully saturated rings. The molecule has 9 nitrogen and oxygen atoms in total. The number of amides is 2. The molecule has 1 aromatic carbocycles. The maximum atomic E-state index is 12.9. The van der Waals surface area contributed by atoms with Gasteiger partial charge in [-0.15, -0.1) is 0 Å². The topological polar surface area (TPSA) is 113 Å². The Morgan fingerprint density at radius 2 is 1.65 bits per heavy atom. The molecule has 0 unspecified atom stereocenters. The van der Waals surface area contributed by atoms with Crippen LogP contribution in [0, 0.1) is 5.92 Å². The van der Waals surface area contributed by atoms with E-state index >= 15 is 0 Å². The first-order valence-corrected chi connectivity index (χ1v) is 12.0. The van der Waals surface area contributed by atoms with Gasteiger partial charge in [0.15, 0.2) is 0 Å². The number of hydrogen-bond donors (Lipinski definition) is 1. The maximum Gasteiger partial charge on any atom is 0.338 e. The normalized spacial score (nSPS) is 15.3. The molecule has 1 aliphatic heterocycles. The lowest BCUT2D eigenvalue weighted by molar-refractivity contribution is -0.134. The smallest absolute Gasteiger partial charge is 0.338 e.